The molecule has 7 nitrogen and oxygen atoms in total. The number of esters is 3. The van der Waals surface area contributed by atoms with Gasteiger partial charge in [0.25, 0.3) is 0 Å². The second-order valence-electron chi connectivity index (χ2n) is 6.88. The van der Waals surface area contributed by atoms with E-state index in [9.17, 15) is 14.4 Å². The monoisotopic (exact) mass is 435 g/mol. The Labute approximate surface area is 187 Å². The van der Waals surface area contributed by atoms with Gasteiger partial charge < -0.3 is 14.2 Å². The molecule has 0 N–H and O–H groups in total. The lowest BCUT2D eigenvalue weighted by molar-refractivity contribution is -0.137. The smallest absolute Gasteiger partial charge is 0.343 e. The highest BCUT2D eigenvalue weighted by atomic mass is 16.5. The van der Waals surface area contributed by atoms with E-state index >= 15 is 0 Å². The third-order valence-electron chi connectivity index (χ3n) is 4.48. The number of rotatable bonds is 12. The minimum Gasteiger partial charge on any atom is -0.463 e. The van der Waals surface area contributed by atoms with Gasteiger partial charge in [-0.15, -0.1) is 0 Å². The SMILES string of the molecule is C=CC(=O)OCCCCCCCOC(=O)c1ccc(OC(=O)c2ccc(C#N)cc2)cc1. The number of carbonyl (C=O) groups is 3. The van der Waals surface area contributed by atoms with E-state index in [-0.39, 0.29) is 0 Å². The normalized spacial score (nSPS) is 9.97. The summed E-state index contributed by atoms with van der Waals surface area (Å²) in [6.07, 6.45) is 5.49. The van der Waals surface area contributed by atoms with Crippen LogP contribution in [-0.2, 0) is 14.3 Å². The van der Waals surface area contributed by atoms with Gasteiger partial charge in [0.05, 0.1) is 36.0 Å². The molecule has 0 unspecified atom stereocenters. The average Bonchev–Trinajstić information content (AvgIpc) is 2.83. The summed E-state index contributed by atoms with van der Waals surface area (Å²) in [5.41, 5.74) is 1.15. The first-order chi connectivity index (χ1) is 15.5. The van der Waals surface area contributed by atoms with Crippen molar-refractivity contribution in [2.24, 2.45) is 0 Å². The van der Waals surface area contributed by atoms with Crippen LogP contribution in [-0.4, -0.2) is 31.1 Å². The van der Waals surface area contributed by atoms with Gasteiger partial charge in [0, 0.05) is 6.08 Å². The Morgan fingerprint density at radius 2 is 1.31 bits per heavy atom. The van der Waals surface area contributed by atoms with Gasteiger partial charge in [-0.25, -0.2) is 14.4 Å². The number of nitriles is 1. The molecule has 0 aliphatic carbocycles. The molecule has 0 aromatic heterocycles. The van der Waals surface area contributed by atoms with Gasteiger partial charge in [-0.2, -0.15) is 5.26 Å². The number of nitrogens with zero attached hydrogens (tertiary/aromatic N) is 1. The van der Waals surface area contributed by atoms with Gasteiger partial charge in [-0.1, -0.05) is 25.8 Å². The Kier molecular flexibility index (Phi) is 10.2. The fraction of sp³-hybridized carbons (Fsp3) is 0.280. The predicted molar refractivity (Wildman–Crippen MR) is 117 cm³/mol. The highest BCUT2D eigenvalue weighted by Gasteiger charge is 2.11. The molecule has 0 spiro atoms. The zero-order valence-corrected chi connectivity index (χ0v) is 17.7. The minimum absolute atomic E-state index is 0.301. The lowest BCUT2D eigenvalue weighted by Gasteiger charge is -2.07. The molecule has 0 radical (unpaired) electrons. The predicted octanol–water partition coefficient (Wildman–Crippen LogP) is 4.61. The quantitative estimate of drug-likeness (QED) is 0.207. The maximum atomic E-state index is 12.1. The molecule has 2 rings (SSSR count). The van der Waals surface area contributed by atoms with E-state index in [2.05, 4.69) is 6.58 Å². The number of hydrogen-bond acceptors (Lipinski definition) is 7. The van der Waals surface area contributed by atoms with Crippen LogP contribution >= 0.6 is 0 Å². The molecule has 166 valence electrons. The molecule has 0 bridgehead atoms. The highest BCUT2D eigenvalue weighted by Crippen LogP contribution is 2.16. The van der Waals surface area contributed by atoms with Gasteiger partial charge in [0.2, 0.25) is 0 Å². The molecule has 0 amide bonds. The third kappa shape index (κ3) is 8.44. The lowest BCUT2D eigenvalue weighted by Crippen LogP contribution is -2.09. The third-order valence-corrected chi connectivity index (χ3v) is 4.48. The largest absolute Gasteiger partial charge is 0.463 e. The molecular formula is C25H25NO6. The fourth-order valence-electron chi connectivity index (χ4n) is 2.72. The van der Waals surface area contributed by atoms with E-state index in [1.54, 1.807) is 0 Å². The molecule has 0 aliphatic heterocycles. The van der Waals surface area contributed by atoms with E-state index < -0.39 is 17.9 Å². The minimum atomic E-state index is -0.552. The van der Waals surface area contributed by atoms with E-state index in [1.807, 2.05) is 6.07 Å². The number of hydrogen-bond donors (Lipinski definition) is 0. The molecule has 0 heterocycles. The van der Waals surface area contributed by atoms with Crippen molar-refractivity contribution in [2.45, 2.75) is 32.1 Å². The van der Waals surface area contributed by atoms with Crippen LogP contribution in [0.25, 0.3) is 0 Å². The Morgan fingerprint density at radius 1 is 0.781 bits per heavy atom. The summed E-state index contributed by atoms with van der Waals surface area (Å²) in [6.45, 7) is 4.04. The van der Waals surface area contributed by atoms with Crippen LogP contribution < -0.4 is 4.74 Å². The molecular weight excluding hydrogens is 410 g/mol. The molecule has 0 saturated carbocycles. The van der Waals surface area contributed by atoms with Crippen molar-refractivity contribution < 1.29 is 28.6 Å². The van der Waals surface area contributed by atoms with Crippen molar-refractivity contribution in [3.05, 3.63) is 77.9 Å². The lowest BCUT2D eigenvalue weighted by atomic mass is 10.1. The van der Waals surface area contributed by atoms with Gasteiger partial charge in [0.15, 0.2) is 0 Å². The van der Waals surface area contributed by atoms with Crippen LogP contribution in [0.1, 0.15) is 58.4 Å². The van der Waals surface area contributed by atoms with Crippen molar-refractivity contribution in [2.75, 3.05) is 13.2 Å². The summed E-state index contributed by atoms with van der Waals surface area (Å²) in [5.74, 6) is -1.10. The average molecular weight is 435 g/mol. The molecule has 0 atom stereocenters. The Morgan fingerprint density at radius 3 is 1.91 bits per heavy atom. The van der Waals surface area contributed by atoms with Crippen molar-refractivity contribution >= 4 is 17.9 Å². The topological polar surface area (TPSA) is 103 Å². The molecule has 2 aromatic rings. The summed E-state index contributed by atoms with van der Waals surface area (Å²) in [6, 6.07) is 14.2. The standard InChI is InChI=1S/C25H25NO6/c1-2-23(27)30-16-6-4-3-5-7-17-31-24(28)20-12-14-22(15-13-20)32-25(29)21-10-8-19(18-26)9-11-21/h2,8-15H,1,3-7,16-17H2. The van der Waals surface area contributed by atoms with Gasteiger partial charge in [0.1, 0.15) is 5.75 Å². The zero-order valence-electron chi connectivity index (χ0n) is 17.7. The summed E-state index contributed by atoms with van der Waals surface area (Å²) >= 11 is 0. The highest BCUT2D eigenvalue weighted by molar-refractivity contribution is 5.92. The molecule has 0 saturated heterocycles. The van der Waals surface area contributed by atoms with Crippen LogP contribution in [0, 0.1) is 11.3 Å². The van der Waals surface area contributed by atoms with Crippen molar-refractivity contribution in [3.8, 4) is 11.8 Å². The summed E-state index contributed by atoms with van der Waals surface area (Å²) in [5, 5.41) is 8.80. The fourth-order valence-corrected chi connectivity index (χ4v) is 2.72. The number of carbonyl (C=O) groups excluding carboxylic acids is 3. The van der Waals surface area contributed by atoms with Crippen LogP contribution in [0.5, 0.6) is 5.75 Å². The first-order valence-electron chi connectivity index (χ1n) is 10.3. The zero-order chi connectivity index (χ0) is 23.2. The maximum absolute atomic E-state index is 12.1. The van der Waals surface area contributed by atoms with E-state index in [0.29, 0.717) is 35.7 Å². The molecule has 7 heteroatoms. The van der Waals surface area contributed by atoms with Crippen LogP contribution in [0.15, 0.2) is 61.2 Å². The van der Waals surface area contributed by atoms with Crippen molar-refractivity contribution in [1.82, 2.24) is 0 Å². The van der Waals surface area contributed by atoms with Gasteiger partial charge >= 0.3 is 17.9 Å². The van der Waals surface area contributed by atoms with Gasteiger partial charge in [-0.05, 0) is 61.4 Å². The molecule has 0 aliphatic rings. The van der Waals surface area contributed by atoms with E-state index in [0.717, 1.165) is 38.2 Å². The van der Waals surface area contributed by atoms with Crippen molar-refractivity contribution in [1.29, 1.82) is 5.26 Å². The summed E-state index contributed by atoms with van der Waals surface area (Å²) in [4.78, 5) is 35.1. The number of unbranched alkanes of at least 4 members (excludes halogenated alkanes) is 4. The molecule has 32 heavy (non-hydrogen) atoms. The number of ether oxygens (including phenoxy) is 3. The second kappa shape index (κ2) is 13.4. The van der Waals surface area contributed by atoms with Crippen molar-refractivity contribution in [3.63, 3.8) is 0 Å². The Hall–Kier alpha value is -3.92. The maximum Gasteiger partial charge on any atom is 0.343 e. The van der Waals surface area contributed by atoms with E-state index in [1.165, 1.54) is 48.5 Å². The summed E-state index contributed by atoms with van der Waals surface area (Å²) in [7, 11) is 0. The first kappa shape index (κ1) is 24.4. The first-order valence-corrected chi connectivity index (χ1v) is 10.3. The van der Waals surface area contributed by atoms with Gasteiger partial charge in [-0.3, -0.25) is 0 Å². The number of benzene rings is 2. The van der Waals surface area contributed by atoms with Crippen LogP contribution in [0.4, 0.5) is 0 Å². The second-order valence-corrected chi connectivity index (χ2v) is 6.88. The van der Waals surface area contributed by atoms with Crippen LogP contribution in [0.3, 0.4) is 0 Å². The Bertz CT molecular complexity index is 957. The van der Waals surface area contributed by atoms with E-state index in [4.69, 9.17) is 19.5 Å². The summed E-state index contributed by atoms with van der Waals surface area (Å²) < 4.78 is 15.4. The molecule has 0 fully saturated rings. The van der Waals surface area contributed by atoms with Crippen LogP contribution in [0.2, 0.25) is 0 Å². The Balaban J connectivity index is 1.65. The molecule has 2 aromatic carbocycles.